The molecule has 0 saturated heterocycles. The molecule has 0 bridgehead atoms. The van der Waals surface area contributed by atoms with Crippen LogP contribution >= 0.6 is 12.2 Å². The van der Waals surface area contributed by atoms with Crippen molar-refractivity contribution in [1.82, 2.24) is 14.9 Å². The van der Waals surface area contributed by atoms with Gasteiger partial charge >= 0.3 is 0 Å². The van der Waals surface area contributed by atoms with Crippen molar-refractivity contribution >= 4 is 12.2 Å². The summed E-state index contributed by atoms with van der Waals surface area (Å²) in [6.45, 7) is 0.272. The summed E-state index contributed by atoms with van der Waals surface area (Å²) in [5, 5.41) is 6.70. The number of rotatable bonds is 2. The highest BCUT2D eigenvalue weighted by molar-refractivity contribution is 7.71. The molecule has 0 amide bonds. The van der Waals surface area contributed by atoms with Crippen molar-refractivity contribution in [3.05, 3.63) is 34.4 Å². The van der Waals surface area contributed by atoms with E-state index in [1.807, 2.05) is 18.2 Å². The van der Waals surface area contributed by atoms with E-state index in [4.69, 9.17) is 27.5 Å². The van der Waals surface area contributed by atoms with Crippen LogP contribution in [0, 0.1) is 4.77 Å². The molecule has 0 unspecified atom stereocenters. The number of hydrogen-bond donors (Lipinski definition) is 2. The van der Waals surface area contributed by atoms with Gasteiger partial charge in [-0.25, -0.2) is 4.68 Å². The van der Waals surface area contributed by atoms with Crippen LogP contribution in [0.5, 0.6) is 11.5 Å². The highest BCUT2D eigenvalue weighted by Gasteiger charge is 2.14. The Morgan fingerprint density at radius 2 is 2.24 bits per heavy atom. The van der Waals surface area contributed by atoms with Crippen molar-refractivity contribution in [2.75, 3.05) is 12.6 Å². The average Bonchev–Trinajstić information content (AvgIpc) is 2.90. The van der Waals surface area contributed by atoms with Crippen molar-refractivity contribution < 1.29 is 9.47 Å². The van der Waals surface area contributed by atoms with Crippen LogP contribution in [-0.2, 0) is 6.42 Å². The number of ether oxygens (including phenoxy) is 2. The highest BCUT2D eigenvalue weighted by Crippen LogP contribution is 2.32. The van der Waals surface area contributed by atoms with E-state index in [-0.39, 0.29) is 6.79 Å². The van der Waals surface area contributed by atoms with Gasteiger partial charge in [0.2, 0.25) is 11.6 Å². The third-order valence-electron chi connectivity index (χ3n) is 2.58. The number of nitrogens with one attached hydrogen (secondary N) is 1. The number of H-pyrrole nitrogens is 1. The zero-order valence-electron chi connectivity index (χ0n) is 8.84. The molecule has 1 aromatic carbocycles. The summed E-state index contributed by atoms with van der Waals surface area (Å²) in [7, 11) is 0. The second-order valence-corrected chi connectivity index (χ2v) is 4.07. The molecule has 6 nitrogen and oxygen atoms in total. The molecule has 1 aliphatic heterocycles. The summed E-state index contributed by atoms with van der Waals surface area (Å²) >= 11 is 4.94. The van der Waals surface area contributed by atoms with Crippen molar-refractivity contribution in [2.24, 2.45) is 0 Å². The van der Waals surface area contributed by atoms with Gasteiger partial charge in [-0.15, -0.1) is 0 Å². The minimum absolute atomic E-state index is 0.272. The summed E-state index contributed by atoms with van der Waals surface area (Å²) in [6, 6.07) is 5.74. The highest BCUT2D eigenvalue weighted by atomic mass is 32.1. The molecule has 2 aromatic rings. The van der Waals surface area contributed by atoms with Gasteiger partial charge in [-0.3, -0.25) is 5.10 Å². The van der Waals surface area contributed by atoms with Crippen LogP contribution in [0.15, 0.2) is 18.2 Å². The molecule has 1 aliphatic rings. The van der Waals surface area contributed by atoms with Crippen LogP contribution in [0.4, 0.5) is 0 Å². The van der Waals surface area contributed by atoms with E-state index in [0.717, 1.165) is 17.1 Å². The topological polar surface area (TPSA) is 78.1 Å². The van der Waals surface area contributed by atoms with Gasteiger partial charge in [0.1, 0.15) is 0 Å². The van der Waals surface area contributed by atoms with Crippen LogP contribution in [0.3, 0.4) is 0 Å². The molecule has 0 aliphatic carbocycles. The zero-order valence-corrected chi connectivity index (χ0v) is 9.66. The molecule has 0 saturated carbocycles. The van der Waals surface area contributed by atoms with Crippen LogP contribution in [0.1, 0.15) is 11.4 Å². The lowest BCUT2D eigenvalue weighted by Gasteiger charge is -2.02. The maximum atomic E-state index is 5.73. The quantitative estimate of drug-likeness (QED) is 0.613. The van der Waals surface area contributed by atoms with E-state index < -0.39 is 0 Å². The van der Waals surface area contributed by atoms with Crippen molar-refractivity contribution in [1.29, 1.82) is 0 Å². The van der Waals surface area contributed by atoms with E-state index in [1.54, 1.807) is 0 Å². The maximum Gasteiger partial charge on any atom is 0.231 e. The molecule has 7 heteroatoms. The molecule has 17 heavy (non-hydrogen) atoms. The Balaban J connectivity index is 1.91. The van der Waals surface area contributed by atoms with Crippen molar-refractivity contribution in [2.45, 2.75) is 6.42 Å². The first kappa shape index (κ1) is 10.2. The minimum Gasteiger partial charge on any atom is -0.454 e. The number of aromatic amines is 1. The molecule has 2 heterocycles. The van der Waals surface area contributed by atoms with Gasteiger partial charge in [0.15, 0.2) is 17.3 Å². The maximum absolute atomic E-state index is 5.73. The minimum atomic E-state index is 0.272. The Hall–Kier alpha value is -2.02. The lowest BCUT2D eigenvalue weighted by atomic mass is 10.1. The Kier molecular flexibility index (Phi) is 2.25. The normalized spacial score (nSPS) is 12.9. The largest absolute Gasteiger partial charge is 0.454 e. The van der Waals surface area contributed by atoms with E-state index in [0.29, 0.717) is 17.0 Å². The summed E-state index contributed by atoms with van der Waals surface area (Å²) in [6.07, 6.45) is 0.584. The van der Waals surface area contributed by atoms with Crippen LogP contribution in [0.25, 0.3) is 0 Å². The third-order valence-corrected chi connectivity index (χ3v) is 2.86. The molecule has 0 spiro atoms. The van der Waals surface area contributed by atoms with E-state index in [1.165, 1.54) is 4.68 Å². The predicted molar refractivity (Wildman–Crippen MR) is 62.9 cm³/mol. The summed E-state index contributed by atoms with van der Waals surface area (Å²) in [5.41, 5.74) is 1.04. The fourth-order valence-corrected chi connectivity index (χ4v) is 1.85. The van der Waals surface area contributed by atoms with Gasteiger partial charge < -0.3 is 15.3 Å². The molecule has 88 valence electrons. The molecule has 0 radical (unpaired) electrons. The lowest BCUT2D eigenvalue weighted by Crippen LogP contribution is -2.13. The van der Waals surface area contributed by atoms with E-state index in [2.05, 4.69) is 10.2 Å². The molecular weight excluding hydrogens is 240 g/mol. The third kappa shape index (κ3) is 1.74. The number of benzene rings is 1. The Morgan fingerprint density at radius 1 is 1.41 bits per heavy atom. The lowest BCUT2D eigenvalue weighted by molar-refractivity contribution is 0.174. The number of fused-ring (bicyclic) bond motifs is 1. The number of hydrogen-bond acceptors (Lipinski definition) is 5. The van der Waals surface area contributed by atoms with Gasteiger partial charge in [-0.1, -0.05) is 6.07 Å². The Bertz CT molecular complexity index is 619. The van der Waals surface area contributed by atoms with Crippen molar-refractivity contribution in [3.8, 4) is 11.5 Å². The van der Waals surface area contributed by atoms with Crippen LogP contribution in [0.2, 0.25) is 0 Å². The first-order chi connectivity index (χ1) is 8.24. The first-order valence-corrected chi connectivity index (χ1v) is 5.45. The second-order valence-electron chi connectivity index (χ2n) is 3.68. The fraction of sp³-hybridized carbons (Fsp3) is 0.200. The molecule has 1 aromatic heterocycles. The van der Waals surface area contributed by atoms with Gasteiger partial charge in [-0.05, 0) is 29.9 Å². The molecule has 0 atom stereocenters. The Labute approximate surface area is 102 Å². The standard InChI is InChI=1S/C10H10N4O2S/c11-14-9(12-13-10(14)17)4-6-1-2-7-8(3-6)16-5-15-7/h1-3H,4-5,11H2,(H,13,17). The first-order valence-electron chi connectivity index (χ1n) is 5.04. The molecule has 3 N–H and O–H groups in total. The summed E-state index contributed by atoms with van der Waals surface area (Å²) in [5.74, 6) is 7.92. The monoisotopic (exact) mass is 250 g/mol. The molecule has 3 rings (SSSR count). The molecule has 0 fully saturated rings. The summed E-state index contributed by atoms with van der Waals surface area (Å²) < 4.78 is 12.3. The van der Waals surface area contributed by atoms with Crippen LogP contribution < -0.4 is 15.3 Å². The number of aromatic nitrogens is 3. The fourth-order valence-electron chi connectivity index (χ4n) is 1.70. The molecular formula is C10H10N4O2S. The van der Waals surface area contributed by atoms with Gasteiger partial charge in [0.25, 0.3) is 0 Å². The number of nitrogen functional groups attached to an aromatic ring is 1. The Morgan fingerprint density at radius 3 is 3.00 bits per heavy atom. The van der Waals surface area contributed by atoms with Gasteiger partial charge in [-0.2, -0.15) is 5.10 Å². The number of nitrogens with zero attached hydrogens (tertiary/aromatic N) is 2. The summed E-state index contributed by atoms with van der Waals surface area (Å²) in [4.78, 5) is 0. The van der Waals surface area contributed by atoms with Crippen molar-refractivity contribution in [3.63, 3.8) is 0 Å². The predicted octanol–water partition coefficient (Wildman–Crippen LogP) is 0.974. The van der Waals surface area contributed by atoms with Crippen LogP contribution in [-0.4, -0.2) is 21.7 Å². The van der Waals surface area contributed by atoms with E-state index >= 15 is 0 Å². The average molecular weight is 250 g/mol. The smallest absolute Gasteiger partial charge is 0.231 e. The van der Waals surface area contributed by atoms with Gasteiger partial charge in [0.05, 0.1) is 0 Å². The van der Waals surface area contributed by atoms with E-state index in [9.17, 15) is 0 Å². The second kappa shape index (κ2) is 3.77. The number of nitrogens with two attached hydrogens (primary N) is 1. The SMILES string of the molecule is Nn1c(Cc2ccc3c(c2)OCO3)n[nH]c1=S. The van der Waals surface area contributed by atoms with Gasteiger partial charge in [0, 0.05) is 6.42 Å². The zero-order chi connectivity index (χ0) is 11.8.